The van der Waals surface area contributed by atoms with Gasteiger partial charge in [-0.05, 0) is 0 Å². The lowest BCUT2D eigenvalue weighted by Crippen LogP contribution is -2.11. The standard InChI is InChI=1S/C18H20N2O2/c1-21-13-17(15-9-5-3-6-10-15)19-20-18(14-22-2)16-11-7-4-8-12-16/h3-12H,13-14H2,1-2H3/b19-17-,20-18-. The monoisotopic (exact) mass is 296 g/mol. The van der Waals surface area contributed by atoms with E-state index in [1.165, 1.54) is 0 Å². The topological polar surface area (TPSA) is 43.2 Å². The first kappa shape index (κ1) is 16.1. The lowest BCUT2D eigenvalue weighted by Gasteiger charge is -2.06. The SMILES string of the molecule is COC/C(=N/N=C(/COC)c1ccccc1)c1ccccc1. The van der Waals surface area contributed by atoms with E-state index >= 15 is 0 Å². The van der Waals surface area contributed by atoms with Gasteiger partial charge in [0.15, 0.2) is 0 Å². The largest absolute Gasteiger partial charge is 0.378 e. The fourth-order valence-corrected chi connectivity index (χ4v) is 2.00. The molecule has 0 heterocycles. The Kier molecular flexibility index (Phi) is 6.48. The molecule has 0 amide bonds. The van der Waals surface area contributed by atoms with Crippen molar-refractivity contribution in [2.75, 3.05) is 27.4 Å². The van der Waals surface area contributed by atoms with Crippen LogP contribution in [0.2, 0.25) is 0 Å². The van der Waals surface area contributed by atoms with Gasteiger partial charge in [-0.3, -0.25) is 0 Å². The third kappa shape index (κ3) is 4.62. The molecular formula is C18H20N2O2. The van der Waals surface area contributed by atoms with Crippen molar-refractivity contribution >= 4 is 11.4 Å². The van der Waals surface area contributed by atoms with Crippen LogP contribution < -0.4 is 0 Å². The molecule has 0 saturated heterocycles. The summed E-state index contributed by atoms with van der Waals surface area (Å²) in [6.45, 7) is 0.811. The zero-order chi connectivity index (χ0) is 15.6. The Labute approximate surface area is 131 Å². The van der Waals surface area contributed by atoms with Crippen LogP contribution >= 0.6 is 0 Å². The minimum absolute atomic E-state index is 0.405. The van der Waals surface area contributed by atoms with Crippen molar-refractivity contribution in [3.8, 4) is 0 Å². The van der Waals surface area contributed by atoms with E-state index in [0.29, 0.717) is 13.2 Å². The summed E-state index contributed by atoms with van der Waals surface area (Å²) in [5.41, 5.74) is 3.57. The summed E-state index contributed by atoms with van der Waals surface area (Å²) >= 11 is 0. The van der Waals surface area contributed by atoms with Crippen LogP contribution in [0.1, 0.15) is 11.1 Å². The molecule has 4 nitrogen and oxygen atoms in total. The number of nitrogens with zero attached hydrogens (tertiary/aromatic N) is 2. The van der Waals surface area contributed by atoms with Gasteiger partial charge in [0.25, 0.3) is 0 Å². The van der Waals surface area contributed by atoms with Crippen LogP contribution in [0.3, 0.4) is 0 Å². The van der Waals surface area contributed by atoms with Crippen LogP contribution in [0.5, 0.6) is 0 Å². The maximum absolute atomic E-state index is 5.23. The molecule has 2 aromatic carbocycles. The number of hydrogen-bond acceptors (Lipinski definition) is 4. The third-order valence-corrected chi connectivity index (χ3v) is 3.07. The average Bonchev–Trinajstić information content (AvgIpc) is 2.59. The van der Waals surface area contributed by atoms with E-state index < -0.39 is 0 Å². The van der Waals surface area contributed by atoms with E-state index in [1.807, 2.05) is 60.7 Å². The Balaban J connectivity index is 2.33. The third-order valence-electron chi connectivity index (χ3n) is 3.07. The number of hydrogen-bond donors (Lipinski definition) is 0. The van der Waals surface area contributed by atoms with Gasteiger partial charge in [-0.1, -0.05) is 60.7 Å². The Morgan fingerprint density at radius 3 is 1.36 bits per heavy atom. The molecule has 4 heteroatoms. The number of ether oxygens (including phenoxy) is 2. The number of benzene rings is 2. The van der Waals surface area contributed by atoms with Crippen molar-refractivity contribution < 1.29 is 9.47 Å². The predicted molar refractivity (Wildman–Crippen MR) is 89.7 cm³/mol. The van der Waals surface area contributed by atoms with Gasteiger partial charge in [-0.15, -0.1) is 0 Å². The summed E-state index contributed by atoms with van der Waals surface area (Å²) in [5, 5.41) is 8.76. The van der Waals surface area contributed by atoms with Gasteiger partial charge in [0.2, 0.25) is 0 Å². The molecule has 0 atom stereocenters. The van der Waals surface area contributed by atoms with Crippen LogP contribution in [-0.2, 0) is 9.47 Å². The van der Waals surface area contributed by atoms with E-state index in [4.69, 9.17) is 9.47 Å². The van der Waals surface area contributed by atoms with Gasteiger partial charge in [0.1, 0.15) is 0 Å². The molecule has 0 N–H and O–H groups in total. The molecule has 0 bridgehead atoms. The van der Waals surface area contributed by atoms with Gasteiger partial charge < -0.3 is 9.47 Å². The fourth-order valence-electron chi connectivity index (χ4n) is 2.00. The Hall–Kier alpha value is -2.30. The van der Waals surface area contributed by atoms with Gasteiger partial charge in [0.05, 0.1) is 24.6 Å². The van der Waals surface area contributed by atoms with Crippen molar-refractivity contribution in [2.24, 2.45) is 10.2 Å². The first-order chi connectivity index (χ1) is 10.8. The maximum Gasteiger partial charge on any atom is 0.0959 e. The van der Waals surface area contributed by atoms with E-state index in [9.17, 15) is 0 Å². The normalized spacial score (nSPS) is 12.5. The van der Waals surface area contributed by atoms with Gasteiger partial charge in [-0.2, -0.15) is 10.2 Å². The summed E-state index contributed by atoms with van der Waals surface area (Å²) in [6.07, 6.45) is 0. The molecule has 2 rings (SSSR count). The highest BCUT2D eigenvalue weighted by Crippen LogP contribution is 2.06. The van der Waals surface area contributed by atoms with Crippen LogP contribution in [0.4, 0.5) is 0 Å². The van der Waals surface area contributed by atoms with Crippen molar-refractivity contribution in [3.05, 3.63) is 71.8 Å². The summed E-state index contributed by atoms with van der Waals surface area (Å²) in [5.74, 6) is 0. The summed E-state index contributed by atoms with van der Waals surface area (Å²) < 4.78 is 10.5. The summed E-state index contributed by atoms with van der Waals surface area (Å²) in [7, 11) is 3.30. The molecule has 0 aliphatic heterocycles. The molecule has 22 heavy (non-hydrogen) atoms. The molecule has 0 aromatic heterocycles. The van der Waals surface area contributed by atoms with E-state index in [0.717, 1.165) is 22.6 Å². The van der Waals surface area contributed by atoms with E-state index in [2.05, 4.69) is 10.2 Å². The minimum atomic E-state index is 0.405. The zero-order valence-corrected chi connectivity index (χ0v) is 12.9. The van der Waals surface area contributed by atoms with Crippen molar-refractivity contribution in [1.82, 2.24) is 0 Å². The Bertz CT molecular complexity index is 565. The molecule has 0 fully saturated rings. The molecule has 2 aromatic rings. The Morgan fingerprint density at radius 2 is 1.05 bits per heavy atom. The molecule has 0 saturated carbocycles. The van der Waals surface area contributed by atoms with Crippen LogP contribution in [0.15, 0.2) is 70.9 Å². The van der Waals surface area contributed by atoms with Crippen molar-refractivity contribution in [1.29, 1.82) is 0 Å². The minimum Gasteiger partial charge on any atom is -0.378 e. The highest BCUT2D eigenvalue weighted by atomic mass is 16.5. The van der Waals surface area contributed by atoms with Crippen molar-refractivity contribution in [3.63, 3.8) is 0 Å². The molecule has 114 valence electrons. The molecular weight excluding hydrogens is 276 g/mol. The second-order valence-electron chi connectivity index (χ2n) is 4.69. The maximum atomic E-state index is 5.23. The second-order valence-corrected chi connectivity index (χ2v) is 4.69. The molecule has 0 spiro atoms. The smallest absolute Gasteiger partial charge is 0.0959 e. The van der Waals surface area contributed by atoms with E-state index in [-0.39, 0.29) is 0 Å². The van der Waals surface area contributed by atoms with Gasteiger partial charge >= 0.3 is 0 Å². The van der Waals surface area contributed by atoms with Crippen LogP contribution in [-0.4, -0.2) is 38.9 Å². The highest BCUT2D eigenvalue weighted by molar-refractivity contribution is 6.04. The quantitative estimate of drug-likeness (QED) is 0.582. The van der Waals surface area contributed by atoms with Crippen LogP contribution in [0.25, 0.3) is 0 Å². The molecule has 0 radical (unpaired) electrons. The van der Waals surface area contributed by atoms with Gasteiger partial charge in [-0.25, -0.2) is 0 Å². The average molecular weight is 296 g/mol. The summed E-state index contributed by atoms with van der Waals surface area (Å²) in [4.78, 5) is 0. The molecule has 0 aliphatic rings. The van der Waals surface area contributed by atoms with Crippen LogP contribution in [0, 0.1) is 0 Å². The van der Waals surface area contributed by atoms with Crippen molar-refractivity contribution in [2.45, 2.75) is 0 Å². The lowest BCUT2D eigenvalue weighted by atomic mass is 10.1. The second kappa shape index (κ2) is 8.87. The highest BCUT2D eigenvalue weighted by Gasteiger charge is 2.05. The number of rotatable bonds is 7. The number of methoxy groups -OCH3 is 2. The summed E-state index contributed by atoms with van der Waals surface area (Å²) in [6, 6.07) is 19.8. The zero-order valence-electron chi connectivity index (χ0n) is 12.9. The Morgan fingerprint density at radius 1 is 0.682 bits per heavy atom. The lowest BCUT2D eigenvalue weighted by molar-refractivity contribution is 0.244. The van der Waals surface area contributed by atoms with Gasteiger partial charge in [0, 0.05) is 25.3 Å². The first-order valence-corrected chi connectivity index (χ1v) is 7.07. The fraction of sp³-hybridized carbons (Fsp3) is 0.222. The molecule has 0 unspecified atom stereocenters. The predicted octanol–water partition coefficient (Wildman–Crippen LogP) is 3.17. The van der Waals surface area contributed by atoms with E-state index in [1.54, 1.807) is 14.2 Å². The first-order valence-electron chi connectivity index (χ1n) is 7.07. The molecule has 0 aliphatic carbocycles.